The minimum atomic E-state index is -0.135. The molecule has 130 valence electrons. The molecule has 1 fully saturated rings. The molecule has 0 unspecified atom stereocenters. The number of hydrogen-bond acceptors (Lipinski definition) is 2. The van der Waals surface area contributed by atoms with Gasteiger partial charge in [-0.25, -0.2) is 0 Å². The first kappa shape index (κ1) is 17.2. The molecule has 25 heavy (non-hydrogen) atoms. The molecule has 0 aliphatic carbocycles. The second kappa shape index (κ2) is 8.47. The van der Waals surface area contributed by atoms with Crippen LogP contribution < -0.4 is 5.32 Å². The Kier molecular flexibility index (Phi) is 5.83. The summed E-state index contributed by atoms with van der Waals surface area (Å²) in [6.45, 7) is 2.20. The Bertz CT molecular complexity index is 722. The van der Waals surface area contributed by atoms with Gasteiger partial charge in [0.15, 0.2) is 0 Å². The number of amides is 2. The summed E-state index contributed by atoms with van der Waals surface area (Å²) in [6.07, 6.45) is 4.10. The van der Waals surface area contributed by atoms with E-state index in [1.54, 1.807) is 24.3 Å². The molecule has 0 atom stereocenters. The first-order valence-electron chi connectivity index (χ1n) is 8.95. The fourth-order valence-electron chi connectivity index (χ4n) is 3.14. The van der Waals surface area contributed by atoms with E-state index in [0.717, 1.165) is 32.4 Å². The molecule has 1 aliphatic rings. The van der Waals surface area contributed by atoms with Crippen LogP contribution in [0.1, 0.15) is 45.5 Å². The summed E-state index contributed by atoms with van der Waals surface area (Å²) in [5.74, 6) is -0.108. The maximum absolute atomic E-state index is 12.6. The summed E-state index contributed by atoms with van der Waals surface area (Å²) >= 11 is 0. The highest BCUT2D eigenvalue weighted by Crippen LogP contribution is 2.14. The van der Waals surface area contributed by atoms with Crippen LogP contribution in [0.15, 0.2) is 54.6 Å². The number of piperidine rings is 1. The lowest BCUT2D eigenvalue weighted by molar-refractivity contribution is 0.0724. The van der Waals surface area contributed by atoms with Crippen LogP contribution in [0.4, 0.5) is 0 Å². The zero-order chi connectivity index (χ0) is 17.5. The Morgan fingerprint density at radius 3 is 2.36 bits per heavy atom. The van der Waals surface area contributed by atoms with Crippen molar-refractivity contribution in [3.63, 3.8) is 0 Å². The molecule has 1 aliphatic heterocycles. The number of carbonyl (C=O) groups is 2. The number of nitrogens with one attached hydrogen (secondary N) is 1. The van der Waals surface area contributed by atoms with Crippen LogP contribution >= 0.6 is 0 Å². The summed E-state index contributed by atoms with van der Waals surface area (Å²) in [4.78, 5) is 26.8. The number of rotatable bonds is 5. The van der Waals surface area contributed by atoms with Gasteiger partial charge in [0.1, 0.15) is 0 Å². The van der Waals surface area contributed by atoms with E-state index in [-0.39, 0.29) is 11.8 Å². The molecule has 0 radical (unpaired) electrons. The van der Waals surface area contributed by atoms with Gasteiger partial charge in [0.05, 0.1) is 0 Å². The molecule has 4 heteroatoms. The van der Waals surface area contributed by atoms with Crippen molar-refractivity contribution in [2.75, 3.05) is 19.6 Å². The minimum Gasteiger partial charge on any atom is -0.352 e. The zero-order valence-corrected chi connectivity index (χ0v) is 14.4. The molecule has 3 rings (SSSR count). The topological polar surface area (TPSA) is 49.4 Å². The third-order valence-electron chi connectivity index (χ3n) is 4.56. The highest BCUT2D eigenvalue weighted by atomic mass is 16.2. The minimum absolute atomic E-state index is 0.0265. The van der Waals surface area contributed by atoms with E-state index in [0.29, 0.717) is 17.7 Å². The maximum atomic E-state index is 12.6. The van der Waals surface area contributed by atoms with Crippen molar-refractivity contribution in [3.8, 4) is 0 Å². The molecule has 2 aromatic rings. The van der Waals surface area contributed by atoms with E-state index < -0.39 is 0 Å². The van der Waals surface area contributed by atoms with Crippen molar-refractivity contribution in [3.05, 3.63) is 71.3 Å². The van der Waals surface area contributed by atoms with E-state index in [2.05, 4.69) is 5.32 Å². The van der Waals surface area contributed by atoms with Gasteiger partial charge in [0, 0.05) is 30.8 Å². The summed E-state index contributed by atoms with van der Waals surface area (Å²) in [7, 11) is 0. The number of benzene rings is 2. The third-order valence-corrected chi connectivity index (χ3v) is 4.56. The van der Waals surface area contributed by atoms with Crippen molar-refractivity contribution >= 4 is 11.8 Å². The average Bonchev–Trinajstić information content (AvgIpc) is 2.69. The number of nitrogens with zero attached hydrogens (tertiary/aromatic N) is 1. The Morgan fingerprint density at radius 1 is 0.880 bits per heavy atom. The van der Waals surface area contributed by atoms with Crippen LogP contribution in [0, 0.1) is 0 Å². The van der Waals surface area contributed by atoms with E-state index in [9.17, 15) is 9.59 Å². The number of carbonyl (C=O) groups excluding carboxylic acids is 2. The molecule has 1 N–H and O–H groups in total. The van der Waals surface area contributed by atoms with Gasteiger partial charge in [-0.1, -0.05) is 36.4 Å². The second-order valence-electron chi connectivity index (χ2n) is 6.43. The van der Waals surface area contributed by atoms with E-state index in [1.807, 2.05) is 35.2 Å². The van der Waals surface area contributed by atoms with Gasteiger partial charge < -0.3 is 10.2 Å². The molecule has 0 spiro atoms. The van der Waals surface area contributed by atoms with Gasteiger partial charge in [-0.15, -0.1) is 0 Å². The fraction of sp³-hybridized carbons (Fsp3) is 0.333. The average molecular weight is 336 g/mol. The molecule has 1 saturated heterocycles. The van der Waals surface area contributed by atoms with Gasteiger partial charge in [-0.2, -0.15) is 0 Å². The Labute approximate surface area is 148 Å². The van der Waals surface area contributed by atoms with E-state index in [4.69, 9.17) is 0 Å². The quantitative estimate of drug-likeness (QED) is 0.911. The number of hydrogen-bond donors (Lipinski definition) is 1. The monoisotopic (exact) mass is 336 g/mol. The van der Waals surface area contributed by atoms with Crippen LogP contribution in [0.5, 0.6) is 0 Å². The molecule has 1 heterocycles. The second-order valence-corrected chi connectivity index (χ2v) is 6.43. The maximum Gasteiger partial charge on any atom is 0.253 e. The summed E-state index contributed by atoms with van der Waals surface area (Å²) in [5, 5.41) is 2.93. The third kappa shape index (κ3) is 4.69. The van der Waals surface area contributed by atoms with E-state index >= 15 is 0 Å². The van der Waals surface area contributed by atoms with Gasteiger partial charge >= 0.3 is 0 Å². The zero-order valence-electron chi connectivity index (χ0n) is 14.4. The van der Waals surface area contributed by atoms with E-state index in [1.165, 1.54) is 12.0 Å². The lowest BCUT2D eigenvalue weighted by Gasteiger charge is -2.26. The predicted molar refractivity (Wildman–Crippen MR) is 98.7 cm³/mol. The molecule has 0 bridgehead atoms. The first-order chi connectivity index (χ1) is 12.2. The first-order valence-corrected chi connectivity index (χ1v) is 8.95. The summed E-state index contributed by atoms with van der Waals surface area (Å²) in [5.41, 5.74) is 2.32. The largest absolute Gasteiger partial charge is 0.352 e. The molecular weight excluding hydrogens is 312 g/mol. The SMILES string of the molecule is O=C(NCCc1ccccc1)c1cccc(C(=O)N2CCCCC2)c1. The molecule has 2 aromatic carbocycles. The molecule has 0 saturated carbocycles. The number of likely N-dealkylation sites (tertiary alicyclic amines) is 1. The van der Waals surface area contributed by atoms with Crippen molar-refractivity contribution in [1.82, 2.24) is 10.2 Å². The highest BCUT2D eigenvalue weighted by Gasteiger charge is 2.19. The van der Waals surface area contributed by atoms with Crippen molar-refractivity contribution in [1.29, 1.82) is 0 Å². The van der Waals surface area contributed by atoms with Gasteiger partial charge in [-0.05, 0) is 49.4 Å². The van der Waals surface area contributed by atoms with Gasteiger partial charge in [0.25, 0.3) is 11.8 Å². The Morgan fingerprint density at radius 2 is 1.60 bits per heavy atom. The Balaban J connectivity index is 1.58. The van der Waals surface area contributed by atoms with Crippen molar-refractivity contribution in [2.45, 2.75) is 25.7 Å². The van der Waals surface area contributed by atoms with Gasteiger partial charge in [0.2, 0.25) is 0 Å². The van der Waals surface area contributed by atoms with Crippen LogP contribution in [-0.4, -0.2) is 36.3 Å². The van der Waals surface area contributed by atoms with Crippen molar-refractivity contribution < 1.29 is 9.59 Å². The highest BCUT2D eigenvalue weighted by molar-refractivity contribution is 5.99. The molecule has 4 nitrogen and oxygen atoms in total. The molecule has 2 amide bonds. The van der Waals surface area contributed by atoms with Gasteiger partial charge in [-0.3, -0.25) is 9.59 Å². The Hall–Kier alpha value is -2.62. The van der Waals surface area contributed by atoms with Crippen LogP contribution in [0.3, 0.4) is 0 Å². The van der Waals surface area contributed by atoms with Crippen LogP contribution in [0.2, 0.25) is 0 Å². The normalized spacial score (nSPS) is 14.2. The van der Waals surface area contributed by atoms with Crippen LogP contribution in [-0.2, 0) is 6.42 Å². The fourth-order valence-corrected chi connectivity index (χ4v) is 3.14. The predicted octanol–water partition coefficient (Wildman–Crippen LogP) is 3.29. The lowest BCUT2D eigenvalue weighted by Crippen LogP contribution is -2.35. The summed E-state index contributed by atoms with van der Waals surface area (Å²) in [6, 6.07) is 17.1. The van der Waals surface area contributed by atoms with Crippen LogP contribution in [0.25, 0.3) is 0 Å². The standard InChI is InChI=1S/C21H24N2O2/c24-20(22-13-12-17-8-3-1-4-9-17)18-10-7-11-19(16-18)21(25)23-14-5-2-6-15-23/h1,3-4,7-11,16H,2,5-6,12-15H2,(H,22,24). The lowest BCUT2D eigenvalue weighted by atomic mass is 10.1. The smallest absolute Gasteiger partial charge is 0.253 e. The van der Waals surface area contributed by atoms with Crippen molar-refractivity contribution in [2.24, 2.45) is 0 Å². The molecular formula is C21H24N2O2. The summed E-state index contributed by atoms with van der Waals surface area (Å²) < 4.78 is 0. The molecule has 0 aromatic heterocycles.